The molecule has 1 aliphatic heterocycles. The number of hydrogen-bond acceptors (Lipinski definition) is 4. The highest BCUT2D eigenvalue weighted by atomic mass is 35.5. The average Bonchev–Trinajstić information content (AvgIpc) is 3.22. The zero-order valence-electron chi connectivity index (χ0n) is 17.4. The number of aryl methyl sites for hydroxylation is 1. The predicted octanol–water partition coefficient (Wildman–Crippen LogP) is 5.85. The third kappa shape index (κ3) is 4.66. The van der Waals surface area contributed by atoms with Crippen LogP contribution in [0.4, 0.5) is 0 Å². The SMILES string of the molecule is Cc1ccc(S(=O)(=O)N2C(C(Cl)Cl)=N[C@@H](c3ccccc3)[C@@H]2C(=O)c2ccc(Cl)cc2)cc1. The van der Waals surface area contributed by atoms with Gasteiger partial charge < -0.3 is 0 Å². The molecule has 1 heterocycles. The first-order valence-corrected chi connectivity index (χ1v) is 12.7. The van der Waals surface area contributed by atoms with Crippen LogP contribution in [-0.4, -0.2) is 35.2 Å². The molecule has 3 aromatic carbocycles. The Morgan fingerprint density at radius 3 is 2.12 bits per heavy atom. The number of Topliss-reactive ketones (excluding diaryl/α,β-unsaturated/α-hetero) is 1. The largest absolute Gasteiger partial charge is 0.292 e. The van der Waals surface area contributed by atoms with Crippen molar-refractivity contribution in [1.82, 2.24) is 4.31 Å². The number of carbonyl (C=O) groups excluding carboxylic acids is 1. The van der Waals surface area contributed by atoms with E-state index in [0.29, 0.717) is 16.1 Å². The molecule has 1 aliphatic rings. The second kappa shape index (κ2) is 9.47. The summed E-state index contributed by atoms with van der Waals surface area (Å²) in [6.45, 7) is 1.85. The van der Waals surface area contributed by atoms with Crippen LogP contribution in [0.2, 0.25) is 5.02 Å². The average molecular weight is 522 g/mol. The molecule has 0 bridgehead atoms. The molecule has 170 valence electrons. The number of amidine groups is 1. The van der Waals surface area contributed by atoms with Crippen LogP contribution >= 0.6 is 34.8 Å². The first kappa shape index (κ1) is 23.8. The van der Waals surface area contributed by atoms with Crippen LogP contribution in [0, 0.1) is 6.92 Å². The van der Waals surface area contributed by atoms with Gasteiger partial charge in [-0.05, 0) is 48.9 Å². The monoisotopic (exact) mass is 520 g/mol. The first-order chi connectivity index (χ1) is 15.7. The number of benzene rings is 3. The Morgan fingerprint density at radius 2 is 1.55 bits per heavy atom. The number of hydrogen-bond donors (Lipinski definition) is 0. The molecule has 5 nitrogen and oxygen atoms in total. The molecule has 9 heteroatoms. The molecule has 0 aliphatic carbocycles. The summed E-state index contributed by atoms with van der Waals surface area (Å²) in [5.74, 6) is -0.538. The fourth-order valence-electron chi connectivity index (χ4n) is 3.73. The third-order valence-corrected chi connectivity index (χ3v) is 7.80. The number of carbonyl (C=O) groups is 1. The molecule has 33 heavy (non-hydrogen) atoms. The van der Waals surface area contributed by atoms with E-state index in [9.17, 15) is 13.2 Å². The van der Waals surface area contributed by atoms with Crippen LogP contribution in [0.5, 0.6) is 0 Å². The van der Waals surface area contributed by atoms with Crippen molar-refractivity contribution in [2.45, 2.75) is 28.7 Å². The maximum Gasteiger partial charge on any atom is 0.266 e. The van der Waals surface area contributed by atoms with E-state index in [-0.39, 0.29) is 10.7 Å². The summed E-state index contributed by atoms with van der Waals surface area (Å²) in [5, 5.41) is 0.459. The molecule has 0 N–H and O–H groups in total. The van der Waals surface area contributed by atoms with E-state index < -0.39 is 32.7 Å². The number of halogens is 3. The normalized spacial score (nSPS) is 18.5. The topological polar surface area (TPSA) is 66.8 Å². The van der Waals surface area contributed by atoms with Crippen molar-refractivity contribution in [3.8, 4) is 0 Å². The maximum atomic E-state index is 13.8. The van der Waals surface area contributed by atoms with Gasteiger partial charge in [0.25, 0.3) is 10.0 Å². The van der Waals surface area contributed by atoms with Gasteiger partial charge in [0.1, 0.15) is 17.9 Å². The zero-order valence-corrected chi connectivity index (χ0v) is 20.5. The summed E-state index contributed by atoms with van der Waals surface area (Å²) < 4.78 is 28.6. The molecule has 4 rings (SSSR count). The lowest BCUT2D eigenvalue weighted by atomic mass is 9.94. The van der Waals surface area contributed by atoms with Crippen LogP contribution in [0.25, 0.3) is 0 Å². The highest BCUT2D eigenvalue weighted by Crippen LogP contribution is 2.39. The molecule has 0 saturated carbocycles. The van der Waals surface area contributed by atoms with Crippen molar-refractivity contribution in [3.05, 3.63) is 101 Å². The number of aliphatic imine (C=N–C) groups is 1. The molecule has 0 spiro atoms. The van der Waals surface area contributed by atoms with E-state index in [1.54, 1.807) is 60.7 Å². The molecule has 3 aromatic rings. The Labute approximate surface area is 207 Å². The van der Waals surface area contributed by atoms with Gasteiger partial charge >= 0.3 is 0 Å². The number of rotatable bonds is 6. The Hall–Kier alpha value is -2.38. The van der Waals surface area contributed by atoms with Crippen LogP contribution < -0.4 is 0 Å². The fraction of sp³-hybridized carbons (Fsp3) is 0.167. The van der Waals surface area contributed by atoms with Gasteiger partial charge in [0.15, 0.2) is 10.6 Å². The van der Waals surface area contributed by atoms with Gasteiger partial charge in [0.05, 0.1) is 4.90 Å². The summed E-state index contributed by atoms with van der Waals surface area (Å²) in [6.07, 6.45) is 0. The van der Waals surface area contributed by atoms with E-state index in [0.717, 1.165) is 9.87 Å². The Kier molecular flexibility index (Phi) is 6.82. The number of alkyl halides is 2. The van der Waals surface area contributed by atoms with Crippen molar-refractivity contribution in [2.75, 3.05) is 0 Å². The highest BCUT2D eigenvalue weighted by Gasteiger charge is 2.49. The lowest BCUT2D eigenvalue weighted by Crippen LogP contribution is -2.48. The number of sulfonamides is 1. The smallest absolute Gasteiger partial charge is 0.266 e. The number of ketones is 1. The van der Waals surface area contributed by atoms with Gasteiger partial charge in [-0.15, -0.1) is 0 Å². The lowest BCUT2D eigenvalue weighted by molar-refractivity contribution is 0.0915. The molecule has 0 aromatic heterocycles. The minimum atomic E-state index is -4.21. The standard InChI is InChI=1S/C24H19Cl3N2O3S/c1-15-7-13-19(14-8-15)33(31,32)29-21(22(30)17-9-11-18(25)12-10-17)20(28-24(29)23(26)27)16-5-3-2-4-6-16/h2-14,20-21,23H,1H3/t20-,21+/m0/s1. The van der Waals surface area contributed by atoms with Crippen molar-refractivity contribution in [1.29, 1.82) is 0 Å². The van der Waals surface area contributed by atoms with E-state index in [2.05, 4.69) is 4.99 Å². The van der Waals surface area contributed by atoms with Crippen LogP contribution in [0.1, 0.15) is 27.5 Å². The van der Waals surface area contributed by atoms with Crippen LogP contribution in [-0.2, 0) is 10.0 Å². The van der Waals surface area contributed by atoms with E-state index in [1.165, 1.54) is 12.1 Å². The van der Waals surface area contributed by atoms with Crippen molar-refractivity contribution in [3.63, 3.8) is 0 Å². The van der Waals surface area contributed by atoms with Crippen molar-refractivity contribution in [2.24, 2.45) is 4.99 Å². The maximum absolute atomic E-state index is 13.8. The Balaban J connectivity index is 1.90. The molecule has 0 fully saturated rings. The third-order valence-electron chi connectivity index (χ3n) is 5.36. The van der Waals surface area contributed by atoms with Gasteiger partial charge in [0.2, 0.25) is 0 Å². The quantitative estimate of drug-likeness (QED) is 0.302. The zero-order chi connectivity index (χ0) is 23.8. The minimum absolute atomic E-state index is 0.0115. The number of nitrogens with zero attached hydrogens (tertiary/aromatic N) is 2. The van der Waals surface area contributed by atoms with E-state index in [4.69, 9.17) is 34.8 Å². The summed E-state index contributed by atoms with van der Waals surface area (Å²) in [7, 11) is -4.21. The van der Waals surface area contributed by atoms with Crippen LogP contribution in [0.3, 0.4) is 0 Å². The second-order valence-electron chi connectivity index (χ2n) is 7.57. The second-order valence-corrected chi connectivity index (χ2v) is 10.9. The van der Waals surface area contributed by atoms with Gasteiger partial charge in [-0.25, -0.2) is 12.7 Å². The molecular weight excluding hydrogens is 503 g/mol. The van der Waals surface area contributed by atoms with Crippen molar-refractivity contribution >= 4 is 56.4 Å². The van der Waals surface area contributed by atoms with Crippen molar-refractivity contribution < 1.29 is 13.2 Å². The summed E-state index contributed by atoms with van der Waals surface area (Å²) in [4.78, 5) is 17.0. The van der Waals surface area contributed by atoms with E-state index >= 15 is 0 Å². The van der Waals surface area contributed by atoms with Crippen LogP contribution in [0.15, 0.2) is 88.8 Å². The summed E-state index contributed by atoms with van der Waals surface area (Å²) >= 11 is 18.4. The Morgan fingerprint density at radius 1 is 0.939 bits per heavy atom. The van der Waals surface area contributed by atoms with E-state index in [1.807, 2.05) is 13.0 Å². The molecule has 0 amide bonds. The molecule has 0 unspecified atom stereocenters. The van der Waals surface area contributed by atoms with Gasteiger partial charge in [-0.1, -0.05) is 82.8 Å². The fourth-order valence-corrected chi connectivity index (χ4v) is 5.91. The molecular formula is C24H19Cl3N2O3S. The predicted molar refractivity (Wildman–Crippen MR) is 132 cm³/mol. The Bertz CT molecular complexity index is 1290. The van der Waals surface area contributed by atoms with Gasteiger partial charge in [0, 0.05) is 10.6 Å². The highest BCUT2D eigenvalue weighted by molar-refractivity contribution is 7.89. The lowest BCUT2D eigenvalue weighted by Gasteiger charge is -2.29. The van der Waals surface area contributed by atoms with Gasteiger partial charge in [-0.2, -0.15) is 0 Å². The van der Waals surface area contributed by atoms with Gasteiger partial charge in [-0.3, -0.25) is 9.79 Å². The molecule has 0 radical (unpaired) electrons. The first-order valence-electron chi connectivity index (χ1n) is 10.0. The minimum Gasteiger partial charge on any atom is -0.292 e. The summed E-state index contributed by atoms with van der Waals surface area (Å²) in [5.41, 5.74) is 1.86. The molecule has 0 saturated heterocycles. The summed E-state index contributed by atoms with van der Waals surface area (Å²) in [6, 6.07) is 19.6. The molecule has 2 atom stereocenters.